The molecule has 2 rings (SSSR count). The number of nitrogens with zero attached hydrogens (tertiary/aromatic N) is 3. The summed E-state index contributed by atoms with van der Waals surface area (Å²) in [6, 6.07) is 3.30. The van der Waals surface area contributed by atoms with Crippen molar-refractivity contribution in [1.82, 2.24) is 14.5 Å². The van der Waals surface area contributed by atoms with Crippen molar-refractivity contribution in [3.63, 3.8) is 0 Å². The van der Waals surface area contributed by atoms with Gasteiger partial charge in [0, 0.05) is 23.6 Å². The molecular formula is C10H8ClN3O2. The Hall–Kier alpha value is -1.88. The van der Waals surface area contributed by atoms with Crippen LogP contribution in [0.25, 0.3) is 0 Å². The highest BCUT2D eigenvalue weighted by molar-refractivity contribution is 6.30. The quantitative estimate of drug-likeness (QED) is 0.803. The average Bonchev–Trinajstić information content (AvgIpc) is 2.79. The lowest BCUT2D eigenvalue weighted by molar-refractivity contribution is 0.140. The highest BCUT2D eigenvalue weighted by Gasteiger charge is 2.05. The van der Waals surface area contributed by atoms with E-state index in [0.717, 1.165) is 0 Å². The van der Waals surface area contributed by atoms with Gasteiger partial charge >= 0.3 is 6.09 Å². The Kier molecular flexibility index (Phi) is 3.16. The van der Waals surface area contributed by atoms with Crippen molar-refractivity contribution in [3.05, 3.63) is 47.8 Å². The maximum absolute atomic E-state index is 11.4. The van der Waals surface area contributed by atoms with E-state index in [1.807, 2.05) is 0 Å². The lowest BCUT2D eigenvalue weighted by atomic mass is 10.4. The fraction of sp³-hybridized carbons (Fsp3) is 0.100. The van der Waals surface area contributed by atoms with Gasteiger partial charge in [0.1, 0.15) is 12.9 Å². The summed E-state index contributed by atoms with van der Waals surface area (Å²) < 4.78 is 6.23. The van der Waals surface area contributed by atoms with E-state index in [0.29, 0.717) is 10.7 Å². The molecule has 0 unspecified atom stereocenters. The van der Waals surface area contributed by atoms with Gasteiger partial charge in [-0.05, 0) is 12.1 Å². The average molecular weight is 238 g/mol. The van der Waals surface area contributed by atoms with Crippen LogP contribution in [0.5, 0.6) is 0 Å². The molecule has 0 aliphatic rings. The summed E-state index contributed by atoms with van der Waals surface area (Å²) in [5.74, 6) is 0. The number of aromatic nitrogens is 3. The maximum atomic E-state index is 11.4. The number of pyridine rings is 1. The smallest absolute Gasteiger partial charge is 0.419 e. The lowest BCUT2D eigenvalue weighted by Gasteiger charge is -2.04. The monoisotopic (exact) mass is 237 g/mol. The van der Waals surface area contributed by atoms with Crippen LogP contribution in [-0.2, 0) is 11.3 Å². The number of carbonyl (C=O) groups is 1. The van der Waals surface area contributed by atoms with Crippen LogP contribution in [0.15, 0.2) is 37.1 Å². The van der Waals surface area contributed by atoms with Crippen molar-refractivity contribution in [2.45, 2.75) is 6.61 Å². The fourth-order valence-electron chi connectivity index (χ4n) is 1.11. The largest absolute Gasteiger partial charge is 0.442 e. The first-order valence-corrected chi connectivity index (χ1v) is 4.89. The van der Waals surface area contributed by atoms with Crippen LogP contribution in [0.4, 0.5) is 4.79 Å². The third kappa shape index (κ3) is 2.58. The third-order valence-corrected chi connectivity index (χ3v) is 2.07. The van der Waals surface area contributed by atoms with E-state index in [9.17, 15) is 4.79 Å². The van der Waals surface area contributed by atoms with E-state index >= 15 is 0 Å². The fourth-order valence-corrected chi connectivity index (χ4v) is 1.29. The van der Waals surface area contributed by atoms with E-state index in [4.69, 9.17) is 16.3 Å². The van der Waals surface area contributed by atoms with Crippen molar-refractivity contribution in [2.75, 3.05) is 0 Å². The van der Waals surface area contributed by atoms with Gasteiger partial charge in [0.25, 0.3) is 0 Å². The van der Waals surface area contributed by atoms with E-state index < -0.39 is 6.09 Å². The Morgan fingerprint density at radius 2 is 2.38 bits per heavy atom. The van der Waals surface area contributed by atoms with Crippen LogP contribution < -0.4 is 0 Å². The van der Waals surface area contributed by atoms with Gasteiger partial charge in [-0.2, -0.15) is 0 Å². The van der Waals surface area contributed by atoms with Crippen LogP contribution in [-0.4, -0.2) is 20.6 Å². The molecule has 0 aromatic carbocycles. The second kappa shape index (κ2) is 4.76. The molecule has 6 heteroatoms. The molecule has 0 bridgehead atoms. The summed E-state index contributed by atoms with van der Waals surface area (Å²) in [4.78, 5) is 19.1. The van der Waals surface area contributed by atoms with E-state index in [-0.39, 0.29) is 6.61 Å². The van der Waals surface area contributed by atoms with Crippen LogP contribution in [0, 0.1) is 0 Å². The van der Waals surface area contributed by atoms with Crippen molar-refractivity contribution >= 4 is 17.7 Å². The lowest BCUT2D eigenvalue weighted by Crippen LogP contribution is -2.11. The molecule has 0 fully saturated rings. The minimum absolute atomic E-state index is 0.0809. The van der Waals surface area contributed by atoms with Gasteiger partial charge in [-0.3, -0.25) is 4.98 Å². The van der Waals surface area contributed by atoms with E-state index in [1.165, 1.54) is 23.3 Å². The number of carbonyl (C=O) groups excluding carboxylic acids is 1. The van der Waals surface area contributed by atoms with Crippen molar-refractivity contribution in [3.8, 4) is 0 Å². The predicted molar refractivity (Wildman–Crippen MR) is 57.1 cm³/mol. The number of rotatable bonds is 2. The Labute approximate surface area is 96.7 Å². The van der Waals surface area contributed by atoms with Gasteiger partial charge in [-0.15, -0.1) is 0 Å². The molecule has 0 saturated heterocycles. The Morgan fingerprint density at radius 3 is 3.06 bits per heavy atom. The number of ether oxygens (including phenoxy) is 1. The molecule has 2 aromatic heterocycles. The van der Waals surface area contributed by atoms with Crippen molar-refractivity contribution < 1.29 is 9.53 Å². The van der Waals surface area contributed by atoms with Gasteiger partial charge in [0.2, 0.25) is 0 Å². The first-order valence-electron chi connectivity index (χ1n) is 4.51. The highest BCUT2D eigenvalue weighted by atomic mass is 35.5. The van der Waals surface area contributed by atoms with Gasteiger partial charge in [0.15, 0.2) is 0 Å². The molecule has 0 aliphatic carbocycles. The molecule has 2 aromatic rings. The molecule has 82 valence electrons. The molecule has 0 atom stereocenters. The second-order valence-corrected chi connectivity index (χ2v) is 3.43. The molecule has 2 heterocycles. The van der Waals surface area contributed by atoms with Crippen molar-refractivity contribution in [2.24, 2.45) is 0 Å². The molecule has 5 nitrogen and oxygen atoms in total. The molecule has 0 aliphatic heterocycles. The molecule has 0 saturated carbocycles. The van der Waals surface area contributed by atoms with Gasteiger partial charge < -0.3 is 4.74 Å². The van der Waals surface area contributed by atoms with Gasteiger partial charge in [-0.1, -0.05) is 11.6 Å². The Bertz CT molecular complexity index is 485. The van der Waals surface area contributed by atoms with Crippen LogP contribution in [0.3, 0.4) is 0 Å². The summed E-state index contributed by atoms with van der Waals surface area (Å²) in [5, 5.41) is 0.559. The van der Waals surface area contributed by atoms with Crippen LogP contribution in [0.2, 0.25) is 5.02 Å². The standard InChI is InChI=1S/C10H8ClN3O2/c11-8-1-2-13-9(5-8)6-16-10(15)14-4-3-12-7-14/h1-5,7H,6H2. The molecule has 0 N–H and O–H groups in total. The molecule has 0 amide bonds. The highest BCUT2D eigenvalue weighted by Crippen LogP contribution is 2.08. The number of imidazole rings is 1. The zero-order chi connectivity index (χ0) is 11.4. The second-order valence-electron chi connectivity index (χ2n) is 2.99. The normalized spacial score (nSPS) is 10.1. The molecule has 0 spiro atoms. The summed E-state index contributed by atoms with van der Waals surface area (Å²) in [7, 11) is 0. The topological polar surface area (TPSA) is 57.0 Å². The Balaban J connectivity index is 1.95. The van der Waals surface area contributed by atoms with Crippen molar-refractivity contribution in [1.29, 1.82) is 0 Å². The zero-order valence-electron chi connectivity index (χ0n) is 8.21. The summed E-state index contributed by atoms with van der Waals surface area (Å²) >= 11 is 5.76. The zero-order valence-corrected chi connectivity index (χ0v) is 8.96. The number of hydrogen-bond donors (Lipinski definition) is 0. The van der Waals surface area contributed by atoms with E-state index in [2.05, 4.69) is 9.97 Å². The molecule has 16 heavy (non-hydrogen) atoms. The summed E-state index contributed by atoms with van der Waals surface area (Å²) in [6.07, 6.45) is 5.43. The predicted octanol–water partition coefficient (Wildman–Crippen LogP) is 2.12. The first kappa shape index (κ1) is 10.6. The number of halogens is 1. The van der Waals surface area contributed by atoms with Gasteiger partial charge in [-0.25, -0.2) is 14.3 Å². The third-order valence-electron chi connectivity index (χ3n) is 1.84. The minimum Gasteiger partial charge on any atom is -0.442 e. The van der Waals surface area contributed by atoms with E-state index in [1.54, 1.807) is 18.3 Å². The SMILES string of the molecule is O=C(OCc1cc(Cl)ccn1)n1ccnc1. The van der Waals surface area contributed by atoms with Gasteiger partial charge in [0.05, 0.1) is 5.69 Å². The Morgan fingerprint density at radius 1 is 1.50 bits per heavy atom. The van der Waals surface area contributed by atoms with Crippen LogP contribution in [0.1, 0.15) is 5.69 Å². The number of hydrogen-bond acceptors (Lipinski definition) is 4. The maximum Gasteiger partial charge on any atom is 0.419 e. The van der Waals surface area contributed by atoms with Crippen LogP contribution >= 0.6 is 11.6 Å². The minimum atomic E-state index is -0.501. The summed E-state index contributed by atoms with van der Waals surface area (Å²) in [5.41, 5.74) is 0.598. The first-order chi connectivity index (χ1) is 7.75. The molecule has 0 radical (unpaired) electrons. The molecular weight excluding hydrogens is 230 g/mol. The summed E-state index contributed by atoms with van der Waals surface area (Å²) in [6.45, 7) is 0.0809.